The first-order valence-electron chi connectivity index (χ1n) is 6.30. The highest BCUT2D eigenvalue weighted by Gasteiger charge is 2.40. The quantitative estimate of drug-likeness (QED) is 0.784. The normalized spacial score (nSPS) is 29.4. The van der Waals surface area contributed by atoms with E-state index in [0.29, 0.717) is 25.4 Å². The van der Waals surface area contributed by atoms with Gasteiger partial charge in [0.25, 0.3) is 0 Å². The Kier molecular flexibility index (Phi) is 4.06. The summed E-state index contributed by atoms with van der Waals surface area (Å²) in [5.41, 5.74) is 0. The second-order valence-corrected chi connectivity index (χ2v) is 4.98. The van der Waals surface area contributed by atoms with E-state index < -0.39 is 18.1 Å². The lowest BCUT2D eigenvalue weighted by Crippen LogP contribution is -2.48. The molecule has 1 aliphatic heterocycles. The van der Waals surface area contributed by atoms with Gasteiger partial charge in [-0.05, 0) is 37.5 Å². The van der Waals surface area contributed by atoms with E-state index in [1.54, 1.807) is 0 Å². The first-order valence-corrected chi connectivity index (χ1v) is 6.30. The molecule has 3 atom stereocenters. The number of hydrogen-bond donors (Lipinski definition) is 2. The zero-order valence-electron chi connectivity index (χ0n) is 10.4. The third kappa shape index (κ3) is 3.13. The van der Waals surface area contributed by atoms with Crippen LogP contribution in [-0.4, -0.2) is 43.0 Å². The molecule has 1 saturated heterocycles. The molecule has 0 bridgehead atoms. The van der Waals surface area contributed by atoms with Gasteiger partial charge in [-0.25, -0.2) is 9.59 Å². The van der Waals surface area contributed by atoms with Gasteiger partial charge < -0.3 is 19.9 Å². The molecule has 1 aliphatic carbocycles. The number of carbonyl (C=O) groups is 2. The van der Waals surface area contributed by atoms with Crippen molar-refractivity contribution in [3.63, 3.8) is 0 Å². The Morgan fingerprint density at radius 2 is 2.11 bits per heavy atom. The van der Waals surface area contributed by atoms with Crippen LogP contribution < -0.4 is 5.32 Å². The number of methoxy groups -OCH3 is 1. The fraction of sp³-hybridized carbons (Fsp3) is 0.833. The molecule has 1 saturated carbocycles. The highest BCUT2D eigenvalue weighted by atomic mass is 16.5. The third-order valence-corrected chi connectivity index (χ3v) is 3.70. The smallest absolute Gasteiger partial charge is 0.407 e. The number of carbonyl (C=O) groups excluding carboxylic acids is 1. The molecule has 102 valence electrons. The molecule has 0 unspecified atom stereocenters. The van der Waals surface area contributed by atoms with Crippen molar-refractivity contribution in [2.24, 2.45) is 11.8 Å². The van der Waals surface area contributed by atoms with Crippen molar-refractivity contribution >= 4 is 12.1 Å². The minimum atomic E-state index is -1.01. The summed E-state index contributed by atoms with van der Waals surface area (Å²) in [5, 5.41) is 11.6. The van der Waals surface area contributed by atoms with Crippen molar-refractivity contribution in [2.75, 3.05) is 13.7 Å². The van der Waals surface area contributed by atoms with Gasteiger partial charge in [0.15, 0.2) is 0 Å². The Labute approximate surface area is 106 Å². The van der Waals surface area contributed by atoms with Crippen molar-refractivity contribution in [1.82, 2.24) is 5.32 Å². The Bertz CT molecular complexity index is 328. The van der Waals surface area contributed by atoms with Crippen LogP contribution in [0.4, 0.5) is 4.79 Å². The fourth-order valence-corrected chi connectivity index (χ4v) is 2.52. The lowest BCUT2D eigenvalue weighted by Gasteiger charge is -2.33. The number of carboxylic acid groups (broad SMARTS) is 1. The number of ether oxygens (including phenoxy) is 2. The van der Waals surface area contributed by atoms with Crippen molar-refractivity contribution < 1.29 is 24.2 Å². The second kappa shape index (κ2) is 5.56. The first kappa shape index (κ1) is 13.1. The molecule has 6 heteroatoms. The summed E-state index contributed by atoms with van der Waals surface area (Å²) in [7, 11) is 1.23. The molecule has 0 radical (unpaired) electrons. The van der Waals surface area contributed by atoms with E-state index >= 15 is 0 Å². The van der Waals surface area contributed by atoms with Crippen LogP contribution in [0.15, 0.2) is 0 Å². The number of amides is 1. The summed E-state index contributed by atoms with van der Waals surface area (Å²) in [6.45, 7) is 0.568. The lowest BCUT2D eigenvalue weighted by molar-refractivity contribution is -0.142. The largest absolute Gasteiger partial charge is 0.480 e. The van der Waals surface area contributed by atoms with Gasteiger partial charge in [-0.1, -0.05) is 0 Å². The minimum Gasteiger partial charge on any atom is -0.480 e. The topological polar surface area (TPSA) is 84.9 Å². The maximum absolute atomic E-state index is 11.2. The zero-order chi connectivity index (χ0) is 13.1. The Morgan fingerprint density at radius 1 is 1.39 bits per heavy atom. The lowest BCUT2D eigenvalue weighted by atomic mass is 9.87. The Balaban J connectivity index is 1.95. The molecule has 1 amide bonds. The molecular weight excluding hydrogens is 238 g/mol. The van der Waals surface area contributed by atoms with Crippen LogP contribution in [0.3, 0.4) is 0 Å². The number of carboxylic acids is 1. The standard InChI is InChI=1S/C12H19NO5/c1-17-12(16)13-10(11(14)15)8-4-5-18-9(6-8)7-2-3-7/h7-10H,2-6H2,1H3,(H,13,16)(H,14,15)/t8-,9+,10-/m1/s1. The highest BCUT2D eigenvalue weighted by Crippen LogP contribution is 2.40. The van der Waals surface area contributed by atoms with Gasteiger partial charge in [-0.2, -0.15) is 0 Å². The fourth-order valence-electron chi connectivity index (χ4n) is 2.52. The number of hydrogen-bond acceptors (Lipinski definition) is 4. The van der Waals surface area contributed by atoms with Crippen LogP contribution >= 0.6 is 0 Å². The molecule has 0 aromatic heterocycles. The van der Waals surface area contributed by atoms with Gasteiger partial charge >= 0.3 is 12.1 Å². The van der Waals surface area contributed by atoms with Gasteiger partial charge in [-0.15, -0.1) is 0 Å². The van der Waals surface area contributed by atoms with Crippen LogP contribution in [0.25, 0.3) is 0 Å². The van der Waals surface area contributed by atoms with Gasteiger partial charge in [0, 0.05) is 6.61 Å². The van der Waals surface area contributed by atoms with Crippen LogP contribution in [0.2, 0.25) is 0 Å². The van der Waals surface area contributed by atoms with Crippen LogP contribution in [-0.2, 0) is 14.3 Å². The summed E-state index contributed by atoms with van der Waals surface area (Å²) in [6, 6.07) is -0.886. The molecule has 6 nitrogen and oxygen atoms in total. The molecule has 0 aromatic rings. The molecule has 0 spiro atoms. The summed E-state index contributed by atoms with van der Waals surface area (Å²) in [6.07, 6.45) is 3.15. The predicted molar refractivity (Wildman–Crippen MR) is 62.2 cm³/mol. The van der Waals surface area contributed by atoms with E-state index in [1.165, 1.54) is 20.0 Å². The third-order valence-electron chi connectivity index (χ3n) is 3.70. The monoisotopic (exact) mass is 257 g/mol. The van der Waals surface area contributed by atoms with E-state index in [1.807, 2.05) is 0 Å². The molecule has 2 fully saturated rings. The van der Waals surface area contributed by atoms with E-state index in [9.17, 15) is 14.7 Å². The van der Waals surface area contributed by atoms with Crippen molar-refractivity contribution in [3.05, 3.63) is 0 Å². The SMILES string of the molecule is COC(=O)N[C@@H](C(=O)O)[C@@H]1CCO[C@H](C2CC2)C1. The van der Waals surface area contributed by atoms with Crippen LogP contribution in [0.1, 0.15) is 25.7 Å². The van der Waals surface area contributed by atoms with Crippen LogP contribution in [0.5, 0.6) is 0 Å². The number of nitrogens with one attached hydrogen (secondary N) is 1. The number of rotatable bonds is 4. The molecule has 2 aliphatic rings. The molecule has 2 N–H and O–H groups in total. The molecule has 2 rings (SSSR count). The average Bonchev–Trinajstić information content (AvgIpc) is 3.19. The molecule has 1 heterocycles. The van der Waals surface area contributed by atoms with Crippen molar-refractivity contribution in [2.45, 2.75) is 37.8 Å². The minimum absolute atomic E-state index is 0.0825. The van der Waals surface area contributed by atoms with E-state index in [2.05, 4.69) is 10.1 Å². The summed E-state index contributed by atoms with van der Waals surface area (Å²) < 4.78 is 10.1. The zero-order valence-corrected chi connectivity index (χ0v) is 10.4. The van der Waals surface area contributed by atoms with E-state index in [4.69, 9.17) is 4.74 Å². The predicted octanol–water partition coefficient (Wildman–Crippen LogP) is 1.00. The van der Waals surface area contributed by atoms with E-state index in [0.717, 1.165) is 0 Å². The van der Waals surface area contributed by atoms with Gasteiger partial charge in [0.1, 0.15) is 6.04 Å². The molecule has 18 heavy (non-hydrogen) atoms. The van der Waals surface area contributed by atoms with Gasteiger partial charge in [0.05, 0.1) is 13.2 Å². The number of alkyl carbamates (subject to hydrolysis) is 1. The maximum atomic E-state index is 11.2. The molecule has 0 aromatic carbocycles. The van der Waals surface area contributed by atoms with E-state index in [-0.39, 0.29) is 12.0 Å². The summed E-state index contributed by atoms with van der Waals surface area (Å²) in [5.74, 6) is -0.511. The van der Waals surface area contributed by atoms with Gasteiger partial charge in [-0.3, -0.25) is 0 Å². The van der Waals surface area contributed by atoms with Crippen LogP contribution in [0, 0.1) is 11.8 Å². The average molecular weight is 257 g/mol. The summed E-state index contributed by atoms with van der Waals surface area (Å²) >= 11 is 0. The summed E-state index contributed by atoms with van der Waals surface area (Å²) in [4.78, 5) is 22.4. The maximum Gasteiger partial charge on any atom is 0.407 e. The van der Waals surface area contributed by atoms with Gasteiger partial charge in [0.2, 0.25) is 0 Å². The van der Waals surface area contributed by atoms with Crippen molar-refractivity contribution in [1.29, 1.82) is 0 Å². The number of aliphatic carboxylic acids is 1. The Morgan fingerprint density at radius 3 is 2.67 bits per heavy atom. The molecular formula is C12H19NO5. The second-order valence-electron chi connectivity index (χ2n) is 4.98. The van der Waals surface area contributed by atoms with Crippen molar-refractivity contribution in [3.8, 4) is 0 Å². The first-order chi connectivity index (χ1) is 8.61. The Hall–Kier alpha value is -1.30. The highest BCUT2D eigenvalue weighted by molar-refractivity contribution is 5.80.